The number of piperazine rings is 1. The van der Waals surface area contributed by atoms with E-state index in [1.165, 1.54) is 12.3 Å². The number of pyridine rings is 2. The molecule has 3 fully saturated rings. The molecular weight excluding hydrogens is 538 g/mol. The van der Waals surface area contributed by atoms with Gasteiger partial charge in [0.05, 0.1) is 29.1 Å². The normalized spacial score (nSPS) is 18.6. The number of benzene rings is 1. The fraction of sp³-hybridized carbons (Fsp3) is 0.323. The van der Waals surface area contributed by atoms with E-state index in [0.717, 1.165) is 41.8 Å². The van der Waals surface area contributed by atoms with Crippen LogP contribution in [0, 0.1) is 29.5 Å². The zero-order valence-electron chi connectivity index (χ0n) is 22.9. The van der Waals surface area contributed by atoms with Crippen molar-refractivity contribution in [3.8, 4) is 35.3 Å². The third-order valence-electron chi connectivity index (χ3n) is 7.76. The van der Waals surface area contributed by atoms with Crippen LogP contribution in [0.15, 0.2) is 48.9 Å². The van der Waals surface area contributed by atoms with Crippen molar-refractivity contribution in [3.05, 3.63) is 71.4 Å². The topological polar surface area (TPSA) is 89.9 Å². The Morgan fingerprint density at radius 3 is 2.63 bits per heavy atom. The molecule has 0 amide bonds. The number of anilines is 1. The summed E-state index contributed by atoms with van der Waals surface area (Å²) in [6, 6.07) is 12.0. The summed E-state index contributed by atoms with van der Waals surface area (Å²) in [6.07, 6.45) is 11.6. The van der Waals surface area contributed by atoms with E-state index in [1.54, 1.807) is 30.8 Å². The van der Waals surface area contributed by atoms with Crippen LogP contribution in [0.5, 0.6) is 5.75 Å². The summed E-state index contributed by atoms with van der Waals surface area (Å²) >= 11 is 0. The molecule has 2 bridgehead atoms. The monoisotopic (exact) mass is 568 g/mol. The Bertz CT molecular complexity index is 1680. The predicted molar refractivity (Wildman–Crippen MR) is 159 cm³/mol. The van der Waals surface area contributed by atoms with Crippen LogP contribution in [0.4, 0.5) is 10.2 Å². The smallest absolute Gasteiger partial charge is 0.138 e. The van der Waals surface area contributed by atoms with E-state index in [4.69, 9.17) is 16.1 Å². The molecule has 10 heteroatoms. The van der Waals surface area contributed by atoms with Crippen LogP contribution in [-0.2, 0) is 6.54 Å². The predicted octanol–water partition coefficient (Wildman–Crippen LogP) is 3.50. The summed E-state index contributed by atoms with van der Waals surface area (Å²) in [6.45, 7) is 5.64. The van der Waals surface area contributed by atoms with Gasteiger partial charge in [-0.3, -0.25) is 4.90 Å². The molecule has 41 heavy (non-hydrogen) atoms. The molecule has 4 aromatic rings. The van der Waals surface area contributed by atoms with E-state index in [9.17, 15) is 14.8 Å². The molecule has 3 atom stereocenters. The molecule has 0 spiro atoms. The number of hydrogen-bond donors (Lipinski definition) is 1. The van der Waals surface area contributed by atoms with Gasteiger partial charge in [0.25, 0.3) is 0 Å². The molecule has 8 nitrogen and oxygen atoms in total. The van der Waals surface area contributed by atoms with Gasteiger partial charge in [0.1, 0.15) is 30.1 Å². The summed E-state index contributed by atoms with van der Waals surface area (Å²) in [5, 5.41) is 24.9. The van der Waals surface area contributed by atoms with Gasteiger partial charge in [-0.15, -0.1) is 15.7 Å². The molecule has 0 aliphatic carbocycles. The molecule has 3 unspecified atom stereocenters. The van der Waals surface area contributed by atoms with E-state index < -0.39 is 5.60 Å². The number of nitriles is 1. The minimum absolute atomic E-state index is 0.108. The SMILES string of the molecule is C#Cc1cc(F)c(CN2C3CC2CN(c2ccc(-c4cc(OCC(C)(C)O)cn5ncc(C#N)c45)cn2)C3)c(P)c1. The van der Waals surface area contributed by atoms with Crippen molar-refractivity contribution in [2.75, 3.05) is 24.6 Å². The Balaban J connectivity index is 1.20. The van der Waals surface area contributed by atoms with Crippen LogP contribution in [-0.4, -0.2) is 62.0 Å². The zero-order valence-corrected chi connectivity index (χ0v) is 24.0. The van der Waals surface area contributed by atoms with Crippen molar-refractivity contribution >= 4 is 25.9 Å². The molecule has 208 valence electrons. The Hall–Kier alpha value is -4.01. The van der Waals surface area contributed by atoms with E-state index in [-0.39, 0.29) is 12.4 Å². The second-order valence-corrected chi connectivity index (χ2v) is 12.0. The lowest BCUT2D eigenvalue weighted by molar-refractivity contribution is -0.00919. The zero-order chi connectivity index (χ0) is 28.9. The molecule has 3 aliphatic rings. The first kappa shape index (κ1) is 27.2. The maximum absolute atomic E-state index is 14.8. The highest BCUT2D eigenvalue weighted by molar-refractivity contribution is 7.27. The molecular formula is C31H30FN6O2P. The number of terminal acetylenes is 1. The fourth-order valence-electron chi connectivity index (χ4n) is 5.69. The molecule has 3 aromatic heterocycles. The van der Waals surface area contributed by atoms with Gasteiger partial charge in [-0.25, -0.2) is 13.9 Å². The summed E-state index contributed by atoms with van der Waals surface area (Å²) in [7, 11) is 2.62. The lowest BCUT2D eigenvalue weighted by atomic mass is 9.86. The number of halogens is 1. The van der Waals surface area contributed by atoms with E-state index in [1.807, 2.05) is 24.3 Å². The maximum atomic E-state index is 14.8. The van der Waals surface area contributed by atoms with E-state index >= 15 is 0 Å². The molecule has 0 radical (unpaired) electrons. The largest absolute Gasteiger partial charge is 0.489 e. The standard InChI is InChI=1S/C31H30FN6O2P/c1-4-19-7-27(32)26(28(41)8-19)17-37-22-9-23(37)15-36(14-22)29-6-5-20(12-34-29)25-10-24(40-18-31(2,3)39)16-38-30(25)21(11-33)13-35-38/h1,5-8,10,12-13,16,22-23,39H,9,14-15,17-18,41H2,2-3H3. The fourth-order valence-corrected chi connectivity index (χ4v) is 6.10. The summed E-state index contributed by atoms with van der Waals surface area (Å²) < 4.78 is 22.2. The van der Waals surface area contributed by atoms with Crippen LogP contribution >= 0.6 is 9.24 Å². The second kappa shape index (κ2) is 10.4. The average molecular weight is 569 g/mol. The lowest BCUT2D eigenvalue weighted by Gasteiger charge is -2.56. The van der Waals surface area contributed by atoms with Crippen LogP contribution < -0.4 is 14.9 Å². The van der Waals surface area contributed by atoms with Crippen molar-refractivity contribution in [1.29, 1.82) is 5.26 Å². The number of hydrogen-bond acceptors (Lipinski definition) is 7. The highest BCUT2D eigenvalue weighted by Gasteiger charge is 2.45. The maximum Gasteiger partial charge on any atom is 0.138 e. The number of aliphatic hydroxyl groups is 1. The van der Waals surface area contributed by atoms with E-state index in [0.29, 0.717) is 46.6 Å². The van der Waals surface area contributed by atoms with Gasteiger partial charge in [-0.1, -0.05) is 5.92 Å². The minimum Gasteiger partial charge on any atom is -0.489 e. The lowest BCUT2D eigenvalue weighted by Crippen LogP contribution is -2.68. The summed E-state index contributed by atoms with van der Waals surface area (Å²) in [5.41, 5.74) is 2.95. The van der Waals surface area contributed by atoms with Crippen LogP contribution in [0.3, 0.4) is 0 Å². The van der Waals surface area contributed by atoms with Crippen molar-refractivity contribution in [2.45, 2.75) is 44.5 Å². The van der Waals surface area contributed by atoms with Crippen molar-refractivity contribution in [3.63, 3.8) is 0 Å². The van der Waals surface area contributed by atoms with Gasteiger partial charge in [0.15, 0.2) is 0 Å². The third kappa shape index (κ3) is 5.25. The Morgan fingerprint density at radius 1 is 1.22 bits per heavy atom. The molecule has 3 aliphatic heterocycles. The first-order valence-electron chi connectivity index (χ1n) is 13.4. The van der Waals surface area contributed by atoms with Crippen LogP contribution in [0.1, 0.15) is 37.0 Å². The van der Waals surface area contributed by atoms with Gasteiger partial charge in [0, 0.05) is 60.2 Å². The first-order chi connectivity index (χ1) is 19.6. The summed E-state index contributed by atoms with van der Waals surface area (Å²) in [4.78, 5) is 9.42. The number of piperidine rings is 1. The number of rotatable bonds is 7. The third-order valence-corrected chi connectivity index (χ3v) is 8.28. The average Bonchev–Trinajstić information content (AvgIpc) is 3.38. The van der Waals surface area contributed by atoms with Crippen LogP contribution in [0.25, 0.3) is 16.6 Å². The molecule has 0 saturated carbocycles. The summed E-state index contributed by atoms with van der Waals surface area (Å²) in [5.74, 6) is 3.65. The van der Waals surface area contributed by atoms with Gasteiger partial charge in [0.2, 0.25) is 0 Å². The van der Waals surface area contributed by atoms with Crippen LogP contribution in [0.2, 0.25) is 0 Å². The first-order valence-corrected chi connectivity index (χ1v) is 14.0. The molecule has 1 N–H and O–H groups in total. The number of nitrogens with zero attached hydrogens (tertiary/aromatic N) is 6. The molecule has 6 heterocycles. The molecule has 1 aromatic carbocycles. The van der Waals surface area contributed by atoms with Gasteiger partial charge in [-0.2, -0.15) is 10.4 Å². The number of fused-ring (bicyclic) bond motifs is 3. The second-order valence-electron chi connectivity index (χ2n) is 11.3. The highest BCUT2D eigenvalue weighted by atomic mass is 31.0. The van der Waals surface area contributed by atoms with Gasteiger partial charge >= 0.3 is 0 Å². The quantitative estimate of drug-likeness (QED) is 0.270. The van der Waals surface area contributed by atoms with Crippen molar-refractivity contribution in [1.82, 2.24) is 19.5 Å². The van der Waals surface area contributed by atoms with Gasteiger partial charge < -0.3 is 14.7 Å². The van der Waals surface area contributed by atoms with Crippen molar-refractivity contribution in [2.24, 2.45) is 0 Å². The Morgan fingerprint density at radius 2 is 2.00 bits per heavy atom. The Kier molecular flexibility index (Phi) is 6.91. The molecule has 7 rings (SSSR count). The highest BCUT2D eigenvalue weighted by Crippen LogP contribution is 2.37. The van der Waals surface area contributed by atoms with E-state index in [2.05, 4.69) is 36.1 Å². The number of aromatic nitrogens is 3. The number of ether oxygens (including phenoxy) is 1. The molecule has 3 saturated heterocycles. The Labute approximate surface area is 240 Å². The van der Waals surface area contributed by atoms with Crippen molar-refractivity contribution < 1.29 is 14.2 Å². The van der Waals surface area contributed by atoms with Gasteiger partial charge in [-0.05, 0) is 55.9 Å². The minimum atomic E-state index is -0.997.